The number of thiazole rings is 1. The standard InChI is InChI=1S/C18H25N3OS/c1-18(2,3)17-20-13-15(23-17)16(22)21(12-10-19)11-9-14-7-5-4-6-8-14/h4-8,13H,9-12,19H2,1-3H3. The second-order valence-electron chi connectivity index (χ2n) is 6.60. The molecule has 0 radical (unpaired) electrons. The van der Waals surface area contributed by atoms with E-state index in [-0.39, 0.29) is 11.3 Å². The van der Waals surface area contributed by atoms with Crippen LogP contribution in [0, 0.1) is 0 Å². The quantitative estimate of drug-likeness (QED) is 0.885. The first-order valence-electron chi connectivity index (χ1n) is 7.91. The summed E-state index contributed by atoms with van der Waals surface area (Å²) in [6.07, 6.45) is 2.52. The molecule has 1 amide bonds. The van der Waals surface area contributed by atoms with E-state index < -0.39 is 0 Å². The maximum atomic E-state index is 12.7. The molecule has 2 aromatic rings. The maximum Gasteiger partial charge on any atom is 0.265 e. The summed E-state index contributed by atoms with van der Waals surface area (Å²) in [6, 6.07) is 10.2. The molecule has 0 fully saturated rings. The van der Waals surface area contributed by atoms with Crippen LogP contribution in [-0.2, 0) is 11.8 Å². The van der Waals surface area contributed by atoms with E-state index >= 15 is 0 Å². The van der Waals surface area contributed by atoms with E-state index in [9.17, 15) is 4.79 Å². The Bertz CT molecular complexity index is 631. The number of carbonyl (C=O) groups excluding carboxylic acids is 1. The predicted molar refractivity (Wildman–Crippen MR) is 95.9 cm³/mol. The number of carbonyl (C=O) groups is 1. The molecular formula is C18H25N3OS. The first kappa shape index (κ1) is 17.6. The van der Waals surface area contributed by atoms with Crippen LogP contribution in [0.1, 0.15) is 41.0 Å². The van der Waals surface area contributed by atoms with Gasteiger partial charge >= 0.3 is 0 Å². The van der Waals surface area contributed by atoms with Gasteiger partial charge in [-0.05, 0) is 12.0 Å². The Balaban J connectivity index is 2.07. The monoisotopic (exact) mass is 331 g/mol. The minimum Gasteiger partial charge on any atom is -0.336 e. The summed E-state index contributed by atoms with van der Waals surface area (Å²) in [7, 11) is 0. The van der Waals surface area contributed by atoms with Gasteiger partial charge in [-0.3, -0.25) is 4.79 Å². The van der Waals surface area contributed by atoms with Gasteiger partial charge in [0.2, 0.25) is 0 Å². The SMILES string of the molecule is CC(C)(C)c1ncc(C(=O)N(CCN)CCc2ccccc2)s1. The molecule has 0 saturated carbocycles. The predicted octanol–water partition coefficient (Wildman–Crippen LogP) is 3.08. The van der Waals surface area contributed by atoms with Crippen LogP contribution in [0.25, 0.3) is 0 Å². The molecule has 1 heterocycles. The van der Waals surface area contributed by atoms with E-state index in [1.807, 2.05) is 23.1 Å². The lowest BCUT2D eigenvalue weighted by molar-refractivity contribution is 0.0766. The van der Waals surface area contributed by atoms with Crippen LogP contribution in [0.4, 0.5) is 0 Å². The van der Waals surface area contributed by atoms with E-state index in [0.29, 0.717) is 24.5 Å². The lowest BCUT2D eigenvalue weighted by atomic mass is 9.98. The molecule has 0 unspecified atom stereocenters. The van der Waals surface area contributed by atoms with Gasteiger partial charge in [0.25, 0.3) is 5.91 Å². The average molecular weight is 331 g/mol. The molecule has 4 nitrogen and oxygen atoms in total. The van der Waals surface area contributed by atoms with Gasteiger partial charge in [-0.1, -0.05) is 51.1 Å². The molecule has 0 aliphatic carbocycles. The lowest BCUT2D eigenvalue weighted by Crippen LogP contribution is -2.36. The first-order chi connectivity index (χ1) is 10.9. The van der Waals surface area contributed by atoms with Crippen molar-refractivity contribution in [3.05, 3.63) is 52.0 Å². The summed E-state index contributed by atoms with van der Waals surface area (Å²) >= 11 is 1.48. The van der Waals surface area contributed by atoms with Crippen molar-refractivity contribution < 1.29 is 4.79 Å². The van der Waals surface area contributed by atoms with E-state index in [2.05, 4.69) is 37.9 Å². The fraction of sp³-hybridized carbons (Fsp3) is 0.444. The first-order valence-corrected chi connectivity index (χ1v) is 8.73. The number of nitrogens with two attached hydrogens (primary N) is 1. The van der Waals surface area contributed by atoms with Gasteiger partial charge in [0.1, 0.15) is 4.88 Å². The molecule has 0 spiro atoms. The summed E-state index contributed by atoms with van der Waals surface area (Å²) in [6.45, 7) is 8.01. The zero-order chi connectivity index (χ0) is 16.9. The third-order valence-electron chi connectivity index (χ3n) is 3.56. The minimum atomic E-state index is -0.0358. The number of aromatic nitrogens is 1. The van der Waals surface area contributed by atoms with Crippen LogP contribution < -0.4 is 5.73 Å². The summed E-state index contributed by atoms with van der Waals surface area (Å²) in [5, 5.41) is 0.983. The molecule has 2 rings (SSSR count). The molecule has 2 N–H and O–H groups in total. The Kier molecular flexibility index (Phi) is 5.91. The third-order valence-corrected chi connectivity index (χ3v) is 4.97. The summed E-state index contributed by atoms with van der Waals surface area (Å²) in [5.74, 6) is 0.0272. The summed E-state index contributed by atoms with van der Waals surface area (Å²) < 4.78 is 0. The number of amides is 1. The number of hydrogen-bond acceptors (Lipinski definition) is 4. The molecule has 0 aliphatic heterocycles. The molecule has 0 atom stereocenters. The highest BCUT2D eigenvalue weighted by Crippen LogP contribution is 2.27. The smallest absolute Gasteiger partial charge is 0.265 e. The minimum absolute atomic E-state index is 0.0272. The molecule has 1 aromatic heterocycles. The highest BCUT2D eigenvalue weighted by molar-refractivity contribution is 7.13. The van der Waals surface area contributed by atoms with Crippen molar-refractivity contribution in [1.29, 1.82) is 0 Å². The number of benzene rings is 1. The molecule has 0 bridgehead atoms. The molecule has 0 saturated heterocycles. The van der Waals surface area contributed by atoms with Gasteiger partial charge in [-0.15, -0.1) is 11.3 Å². The van der Waals surface area contributed by atoms with Crippen molar-refractivity contribution in [2.75, 3.05) is 19.6 Å². The third kappa shape index (κ3) is 4.88. The van der Waals surface area contributed by atoms with E-state index in [0.717, 1.165) is 11.4 Å². The van der Waals surface area contributed by atoms with Gasteiger partial charge in [0.05, 0.1) is 11.2 Å². The van der Waals surface area contributed by atoms with Crippen LogP contribution in [0.2, 0.25) is 0 Å². The van der Waals surface area contributed by atoms with Crippen LogP contribution >= 0.6 is 11.3 Å². The van der Waals surface area contributed by atoms with Gasteiger partial charge in [-0.2, -0.15) is 0 Å². The van der Waals surface area contributed by atoms with Crippen LogP contribution in [0.5, 0.6) is 0 Å². The van der Waals surface area contributed by atoms with E-state index in [4.69, 9.17) is 5.73 Å². The van der Waals surface area contributed by atoms with Crippen molar-refractivity contribution in [2.24, 2.45) is 5.73 Å². The average Bonchev–Trinajstić information content (AvgIpc) is 3.02. The van der Waals surface area contributed by atoms with Crippen molar-refractivity contribution in [3.8, 4) is 0 Å². The normalized spacial score (nSPS) is 11.5. The Morgan fingerprint density at radius 2 is 1.91 bits per heavy atom. The van der Waals surface area contributed by atoms with E-state index in [1.54, 1.807) is 6.20 Å². The van der Waals surface area contributed by atoms with Crippen LogP contribution in [0.15, 0.2) is 36.5 Å². The molecule has 124 valence electrons. The van der Waals surface area contributed by atoms with E-state index in [1.165, 1.54) is 16.9 Å². The molecular weight excluding hydrogens is 306 g/mol. The largest absolute Gasteiger partial charge is 0.336 e. The zero-order valence-electron chi connectivity index (χ0n) is 14.1. The van der Waals surface area contributed by atoms with Crippen molar-refractivity contribution >= 4 is 17.2 Å². The summed E-state index contributed by atoms with van der Waals surface area (Å²) in [5.41, 5.74) is 6.87. The van der Waals surface area contributed by atoms with Gasteiger partial charge in [-0.25, -0.2) is 4.98 Å². The Morgan fingerprint density at radius 1 is 1.22 bits per heavy atom. The topological polar surface area (TPSA) is 59.2 Å². The van der Waals surface area contributed by atoms with Crippen molar-refractivity contribution in [3.63, 3.8) is 0 Å². The van der Waals surface area contributed by atoms with Gasteiger partial charge < -0.3 is 10.6 Å². The second kappa shape index (κ2) is 7.70. The Hall–Kier alpha value is -1.72. The zero-order valence-corrected chi connectivity index (χ0v) is 14.9. The molecule has 23 heavy (non-hydrogen) atoms. The van der Waals surface area contributed by atoms with Crippen molar-refractivity contribution in [1.82, 2.24) is 9.88 Å². The highest BCUT2D eigenvalue weighted by atomic mass is 32.1. The fourth-order valence-corrected chi connectivity index (χ4v) is 3.20. The van der Waals surface area contributed by atoms with Gasteiger partial charge in [0, 0.05) is 25.0 Å². The van der Waals surface area contributed by atoms with Crippen LogP contribution in [0.3, 0.4) is 0 Å². The Labute approximate surface area is 142 Å². The highest BCUT2D eigenvalue weighted by Gasteiger charge is 2.22. The molecule has 1 aromatic carbocycles. The Morgan fingerprint density at radius 3 is 2.48 bits per heavy atom. The molecule has 5 heteroatoms. The van der Waals surface area contributed by atoms with Gasteiger partial charge in [0.15, 0.2) is 0 Å². The second-order valence-corrected chi connectivity index (χ2v) is 7.63. The molecule has 0 aliphatic rings. The number of rotatable bonds is 6. The number of hydrogen-bond donors (Lipinski definition) is 1. The number of nitrogens with zero attached hydrogens (tertiary/aromatic N) is 2. The lowest BCUT2D eigenvalue weighted by Gasteiger charge is -2.21. The fourth-order valence-electron chi connectivity index (χ4n) is 2.26. The van der Waals surface area contributed by atoms with Crippen LogP contribution in [-0.4, -0.2) is 35.4 Å². The summed E-state index contributed by atoms with van der Waals surface area (Å²) in [4.78, 5) is 19.7. The van der Waals surface area contributed by atoms with Crippen molar-refractivity contribution in [2.45, 2.75) is 32.6 Å². The maximum absolute atomic E-state index is 12.7.